The van der Waals surface area contributed by atoms with E-state index >= 15 is 0 Å². The predicted octanol–water partition coefficient (Wildman–Crippen LogP) is 6.58. The van der Waals surface area contributed by atoms with Gasteiger partial charge in [-0.1, -0.05) is 87.0 Å². The van der Waals surface area contributed by atoms with Crippen LogP contribution < -0.4 is 9.62 Å². The van der Waals surface area contributed by atoms with Crippen molar-refractivity contribution in [1.82, 2.24) is 10.2 Å². The zero-order valence-electron chi connectivity index (χ0n) is 23.2. The van der Waals surface area contributed by atoms with Crippen LogP contribution in [0.25, 0.3) is 0 Å². The third-order valence-corrected chi connectivity index (χ3v) is 10.1. The second kappa shape index (κ2) is 14.0. The largest absolute Gasteiger partial charge is 0.352 e. The Morgan fingerprint density at radius 2 is 1.56 bits per heavy atom. The van der Waals surface area contributed by atoms with Gasteiger partial charge in [0.15, 0.2) is 0 Å². The van der Waals surface area contributed by atoms with Crippen LogP contribution in [0.4, 0.5) is 5.69 Å². The summed E-state index contributed by atoms with van der Waals surface area (Å²) in [6, 6.07) is 20.2. The van der Waals surface area contributed by atoms with Crippen LogP contribution in [0.15, 0.2) is 86.6 Å². The first-order valence-electron chi connectivity index (χ1n) is 13.7. The maximum atomic E-state index is 14.1. The second-order valence-electron chi connectivity index (χ2n) is 10.5. The van der Waals surface area contributed by atoms with Gasteiger partial charge in [-0.3, -0.25) is 13.9 Å². The fourth-order valence-electron chi connectivity index (χ4n) is 4.98. The van der Waals surface area contributed by atoms with Crippen molar-refractivity contribution in [3.05, 3.63) is 92.9 Å². The van der Waals surface area contributed by atoms with Crippen molar-refractivity contribution >= 4 is 59.4 Å². The minimum atomic E-state index is -4.11. The number of hydrogen-bond acceptors (Lipinski definition) is 4. The van der Waals surface area contributed by atoms with Gasteiger partial charge in [-0.15, -0.1) is 0 Å². The van der Waals surface area contributed by atoms with E-state index in [1.807, 2.05) is 31.2 Å². The molecule has 1 aliphatic carbocycles. The maximum Gasteiger partial charge on any atom is 0.264 e. The lowest BCUT2D eigenvalue weighted by Crippen LogP contribution is -2.53. The molecule has 0 heterocycles. The molecule has 1 atom stereocenters. The van der Waals surface area contributed by atoms with E-state index in [-0.39, 0.29) is 23.4 Å². The van der Waals surface area contributed by atoms with Gasteiger partial charge in [0.05, 0.1) is 10.6 Å². The molecule has 10 heteroatoms. The molecule has 0 saturated heterocycles. The molecule has 1 fully saturated rings. The number of rotatable bonds is 10. The van der Waals surface area contributed by atoms with Crippen molar-refractivity contribution in [1.29, 1.82) is 0 Å². The number of halogens is 2. The SMILES string of the molecule is Cc1ccc(S(=O)(=O)N(CC(=O)N(Cc2cccc(Br)c2)[C@@H](C)C(=O)NC2CCCCC2)c2cccc(Br)c2)cc1. The Bertz CT molecular complexity index is 1470. The van der Waals surface area contributed by atoms with Gasteiger partial charge in [0.1, 0.15) is 12.6 Å². The van der Waals surface area contributed by atoms with Crippen LogP contribution in [0.1, 0.15) is 50.2 Å². The maximum absolute atomic E-state index is 14.1. The third-order valence-electron chi connectivity index (χ3n) is 7.34. The predicted molar refractivity (Wildman–Crippen MR) is 169 cm³/mol. The average Bonchev–Trinajstić information content (AvgIpc) is 2.95. The highest BCUT2D eigenvalue weighted by atomic mass is 79.9. The number of nitrogens with zero attached hydrogens (tertiary/aromatic N) is 2. The monoisotopic (exact) mass is 703 g/mol. The highest BCUT2D eigenvalue weighted by Crippen LogP contribution is 2.27. The van der Waals surface area contributed by atoms with E-state index in [1.54, 1.807) is 55.5 Å². The van der Waals surface area contributed by atoms with Crippen LogP contribution in [-0.2, 0) is 26.2 Å². The second-order valence-corrected chi connectivity index (χ2v) is 14.2. The molecule has 2 amide bonds. The zero-order valence-corrected chi connectivity index (χ0v) is 27.2. The summed E-state index contributed by atoms with van der Waals surface area (Å²) in [6.45, 7) is 3.26. The van der Waals surface area contributed by atoms with Gasteiger partial charge in [0.2, 0.25) is 11.8 Å². The molecule has 0 radical (unpaired) electrons. The van der Waals surface area contributed by atoms with Crippen molar-refractivity contribution in [3.8, 4) is 0 Å². The Hall–Kier alpha value is -2.69. The number of aryl methyl sites for hydroxylation is 1. The van der Waals surface area contributed by atoms with Crippen LogP contribution in [0, 0.1) is 6.92 Å². The number of carbonyl (C=O) groups excluding carboxylic acids is 2. The van der Waals surface area contributed by atoms with Crippen molar-refractivity contribution in [2.75, 3.05) is 10.8 Å². The van der Waals surface area contributed by atoms with Gasteiger partial charge in [-0.25, -0.2) is 8.42 Å². The Kier molecular flexibility index (Phi) is 10.7. The molecule has 1 aliphatic rings. The first-order valence-corrected chi connectivity index (χ1v) is 16.8. The molecule has 3 aromatic carbocycles. The summed E-state index contributed by atoms with van der Waals surface area (Å²) in [6.07, 6.45) is 5.14. The van der Waals surface area contributed by atoms with Crippen LogP contribution in [0.2, 0.25) is 0 Å². The summed E-state index contributed by atoms with van der Waals surface area (Å²) in [7, 11) is -4.11. The smallest absolute Gasteiger partial charge is 0.264 e. The van der Waals surface area contributed by atoms with Crippen molar-refractivity contribution < 1.29 is 18.0 Å². The zero-order chi connectivity index (χ0) is 29.6. The Morgan fingerprint density at radius 1 is 0.927 bits per heavy atom. The van der Waals surface area contributed by atoms with Crippen LogP contribution >= 0.6 is 31.9 Å². The van der Waals surface area contributed by atoms with E-state index in [0.29, 0.717) is 10.2 Å². The summed E-state index contributed by atoms with van der Waals surface area (Å²) < 4.78 is 30.5. The molecule has 41 heavy (non-hydrogen) atoms. The first-order chi connectivity index (χ1) is 19.5. The molecule has 0 spiro atoms. The quantitative estimate of drug-likeness (QED) is 0.258. The normalized spacial score (nSPS) is 14.7. The molecule has 1 N–H and O–H groups in total. The number of nitrogens with one attached hydrogen (secondary N) is 1. The fourth-order valence-corrected chi connectivity index (χ4v) is 7.22. The number of benzene rings is 3. The van der Waals surface area contributed by atoms with Gasteiger partial charge in [-0.2, -0.15) is 0 Å². The average molecular weight is 706 g/mol. The Morgan fingerprint density at radius 3 is 2.20 bits per heavy atom. The van der Waals surface area contributed by atoms with Gasteiger partial charge < -0.3 is 10.2 Å². The lowest BCUT2D eigenvalue weighted by atomic mass is 9.95. The lowest BCUT2D eigenvalue weighted by Gasteiger charge is -2.33. The van der Waals surface area contributed by atoms with Gasteiger partial charge in [0.25, 0.3) is 10.0 Å². The number of hydrogen-bond donors (Lipinski definition) is 1. The van der Waals surface area contributed by atoms with Crippen LogP contribution in [0.5, 0.6) is 0 Å². The molecule has 3 aromatic rings. The van der Waals surface area contributed by atoms with E-state index in [4.69, 9.17) is 0 Å². The van der Waals surface area contributed by atoms with E-state index in [0.717, 1.165) is 52.0 Å². The molecule has 7 nitrogen and oxygen atoms in total. The molecular weight excluding hydrogens is 670 g/mol. The minimum absolute atomic E-state index is 0.0810. The third kappa shape index (κ3) is 8.20. The number of anilines is 1. The molecule has 4 rings (SSSR count). The number of sulfonamides is 1. The molecular formula is C31H35Br2N3O4S. The highest BCUT2D eigenvalue weighted by Gasteiger charge is 2.33. The van der Waals surface area contributed by atoms with Crippen molar-refractivity contribution in [2.45, 2.75) is 69.5 Å². The molecule has 0 bridgehead atoms. The molecule has 218 valence electrons. The van der Waals surface area contributed by atoms with E-state index < -0.39 is 28.5 Å². The molecule has 0 aliphatic heterocycles. The topological polar surface area (TPSA) is 86.8 Å². The van der Waals surface area contributed by atoms with Gasteiger partial charge in [0, 0.05) is 21.5 Å². The Labute approximate surface area is 259 Å². The van der Waals surface area contributed by atoms with Crippen LogP contribution in [0.3, 0.4) is 0 Å². The van der Waals surface area contributed by atoms with E-state index in [1.165, 1.54) is 4.90 Å². The van der Waals surface area contributed by atoms with E-state index in [9.17, 15) is 18.0 Å². The molecule has 0 aromatic heterocycles. The van der Waals surface area contributed by atoms with Crippen LogP contribution in [-0.4, -0.2) is 43.8 Å². The minimum Gasteiger partial charge on any atom is -0.352 e. The standard InChI is InChI=1S/C31H35Br2N3O4S/c1-22-14-16-29(17-15-22)41(39,40)36(28-13-7-10-26(33)19-28)21-30(37)35(20-24-8-6-9-25(32)18-24)23(2)31(38)34-27-11-4-3-5-12-27/h6-10,13-19,23,27H,3-5,11-12,20-21H2,1-2H3,(H,34,38)/t23-/m0/s1. The number of carbonyl (C=O) groups is 2. The molecule has 1 saturated carbocycles. The van der Waals surface area contributed by atoms with E-state index in [2.05, 4.69) is 37.2 Å². The van der Waals surface area contributed by atoms with Crippen molar-refractivity contribution in [3.63, 3.8) is 0 Å². The summed E-state index contributed by atoms with van der Waals surface area (Å²) in [5.74, 6) is -0.720. The fraction of sp³-hybridized carbons (Fsp3) is 0.355. The number of amides is 2. The summed E-state index contributed by atoms with van der Waals surface area (Å²) in [5, 5.41) is 3.12. The highest BCUT2D eigenvalue weighted by molar-refractivity contribution is 9.10. The van der Waals surface area contributed by atoms with Gasteiger partial charge in [-0.05, 0) is 74.7 Å². The molecule has 0 unspecified atom stereocenters. The lowest BCUT2D eigenvalue weighted by molar-refractivity contribution is -0.139. The summed E-state index contributed by atoms with van der Waals surface area (Å²) in [5.41, 5.74) is 2.09. The Balaban J connectivity index is 1.68. The first kappa shape index (κ1) is 31.3. The summed E-state index contributed by atoms with van der Waals surface area (Å²) in [4.78, 5) is 29.0. The van der Waals surface area contributed by atoms with Gasteiger partial charge >= 0.3 is 0 Å². The summed E-state index contributed by atoms with van der Waals surface area (Å²) >= 11 is 6.91. The van der Waals surface area contributed by atoms with Crippen molar-refractivity contribution in [2.24, 2.45) is 0 Å².